The molecule has 0 aliphatic heterocycles. The maximum Gasteiger partial charge on any atom is 0.422 e. The number of hydrogen-bond donors (Lipinski definition) is 1. The van der Waals surface area contributed by atoms with Crippen LogP contribution in [-0.4, -0.2) is 31.5 Å². The molecule has 0 unspecified atom stereocenters. The lowest BCUT2D eigenvalue weighted by Gasteiger charge is -2.18. The van der Waals surface area contributed by atoms with Gasteiger partial charge in [0, 0.05) is 5.69 Å². The van der Waals surface area contributed by atoms with Crippen LogP contribution in [0, 0.1) is 11.3 Å². The first-order valence-corrected chi connectivity index (χ1v) is 9.28. The van der Waals surface area contributed by atoms with Gasteiger partial charge in [-0.25, -0.2) is 0 Å². The van der Waals surface area contributed by atoms with Gasteiger partial charge < -0.3 is 14.8 Å². The van der Waals surface area contributed by atoms with Crippen LogP contribution in [0.15, 0.2) is 30.3 Å². The summed E-state index contributed by atoms with van der Waals surface area (Å²) >= 11 is 0. The lowest BCUT2D eigenvalue weighted by molar-refractivity contribution is -0.154. The smallest absolute Gasteiger partial charge is 0.422 e. The Hall–Kier alpha value is -3.84. The highest BCUT2D eigenvalue weighted by atomic mass is 19.4. The fraction of sp³-hybridized carbons (Fsp3) is 0.300. The zero-order chi connectivity index (χ0) is 28.4. The van der Waals surface area contributed by atoms with Crippen LogP contribution in [0.4, 0.5) is 58.4 Å². The van der Waals surface area contributed by atoms with E-state index in [1.807, 2.05) is 0 Å². The van der Waals surface area contributed by atoms with Gasteiger partial charge in [0.1, 0.15) is 17.4 Å². The number of anilines is 1. The molecule has 2 rings (SSSR count). The molecular formula is C20H10F12N2O3. The summed E-state index contributed by atoms with van der Waals surface area (Å²) in [6.45, 7) is -4.18. The molecule has 202 valence electrons. The Morgan fingerprint density at radius 2 is 1.27 bits per heavy atom. The predicted molar refractivity (Wildman–Crippen MR) is 98.7 cm³/mol. The minimum atomic E-state index is -5.30. The summed E-state index contributed by atoms with van der Waals surface area (Å²) in [6, 6.07) is 2.18. The van der Waals surface area contributed by atoms with Gasteiger partial charge in [-0.2, -0.15) is 57.9 Å². The number of alkyl halides is 12. The number of hydrogen-bond acceptors (Lipinski definition) is 4. The second-order valence-corrected chi connectivity index (χ2v) is 6.98. The highest BCUT2D eigenvalue weighted by Crippen LogP contribution is 2.39. The van der Waals surface area contributed by atoms with Gasteiger partial charge in [0.25, 0.3) is 5.91 Å². The van der Waals surface area contributed by atoms with E-state index < -0.39 is 83.3 Å². The van der Waals surface area contributed by atoms with Crippen molar-refractivity contribution in [2.45, 2.75) is 24.7 Å². The zero-order valence-electron chi connectivity index (χ0n) is 17.5. The number of ether oxygens (including phenoxy) is 2. The first kappa shape index (κ1) is 29.4. The van der Waals surface area contributed by atoms with Crippen molar-refractivity contribution in [3.8, 4) is 17.6 Å². The highest BCUT2D eigenvalue weighted by Gasteiger charge is 2.37. The van der Waals surface area contributed by atoms with E-state index in [1.54, 1.807) is 5.32 Å². The molecule has 5 nitrogen and oxygen atoms in total. The molecule has 0 aliphatic rings. The van der Waals surface area contributed by atoms with Crippen molar-refractivity contribution in [2.24, 2.45) is 0 Å². The van der Waals surface area contributed by atoms with Crippen LogP contribution >= 0.6 is 0 Å². The van der Waals surface area contributed by atoms with Crippen molar-refractivity contribution in [2.75, 3.05) is 18.5 Å². The number of carbonyl (C=O) groups excluding carboxylic acids is 1. The van der Waals surface area contributed by atoms with Crippen LogP contribution in [0.5, 0.6) is 11.5 Å². The largest absolute Gasteiger partial charge is 0.483 e. The van der Waals surface area contributed by atoms with E-state index in [9.17, 15) is 62.7 Å². The van der Waals surface area contributed by atoms with Gasteiger partial charge in [-0.3, -0.25) is 4.79 Å². The molecule has 0 heterocycles. The number of halogens is 12. The maximum absolute atomic E-state index is 13.0. The van der Waals surface area contributed by atoms with Gasteiger partial charge in [0.2, 0.25) is 0 Å². The van der Waals surface area contributed by atoms with Gasteiger partial charge in [0.05, 0.1) is 16.7 Å². The van der Waals surface area contributed by atoms with E-state index >= 15 is 0 Å². The molecule has 1 amide bonds. The third kappa shape index (κ3) is 8.36. The van der Waals surface area contributed by atoms with Gasteiger partial charge in [-0.1, -0.05) is 0 Å². The molecule has 0 spiro atoms. The van der Waals surface area contributed by atoms with Crippen LogP contribution in [0.25, 0.3) is 0 Å². The molecule has 17 heteroatoms. The summed E-state index contributed by atoms with van der Waals surface area (Å²) in [4.78, 5) is 12.6. The zero-order valence-corrected chi connectivity index (χ0v) is 17.5. The third-order valence-corrected chi connectivity index (χ3v) is 4.09. The summed E-state index contributed by atoms with van der Waals surface area (Å²) in [6.07, 6.45) is -20.6. The second kappa shape index (κ2) is 10.3. The summed E-state index contributed by atoms with van der Waals surface area (Å²) in [5, 5.41) is 10.9. The number of nitrogens with zero attached hydrogens (tertiary/aromatic N) is 1. The Bertz CT molecular complexity index is 1160. The minimum Gasteiger partial charge on any atom is -0.483 e. The lowest BCUT2D eigenvalue weighted by atomic mass is 10.1. The van der Waals surface area contributed by atoms with Gasteiger partial charge >= 0.3 is 24.7 Å². The normalized spacial score (nSPS) is 12.6. The summed E-state index contributed by atoms with van der Waals surface area (Å²) < 4.78 is 162. The van der Waals surface area contributed by atoms with Crippen molar-refractivity contribution in [3.05, 3.63) is 52.6 Å². The molecule has 0 radical (unpaired) electrons. The number of rotatable bonds is 6. The third-order valence-electron chi connectivity index (χ3n) is 4.09. The monoisotopic (exact) mass is 554 g/mol. The van der Waals surface area contributed by atoms with E-state index in [0.29, 0.717) is 12.1 Å². The quantitative estimate of drug-likeness (QED) is 0.402. The number of amides is 1. The molecule has 2 aromatic carbocycles. The van der Waals surface area contributed by atoms with E-state index in [4.69, 9.17) is 0 Å². The van der Waals surface area contributed by atoms with E-state index in [1.165, 1.54) is 6.07 Å². The van der Waals surface area contributed by atoms with Crippen LogP contribution in [-0.2, 0) is 12.4 Å². The van der Waals surface area contributed by atoms with Crippen molar-refractivity contribution in [1.82, 2.24) is 0 Å². The average Bonchev–Trinajstić information content (AvgIpc) is 2.73. The Labute approximate surface area is 198 Å². The maximum atomic E-state index is 13.0. The number of benzene rings is 2. The van der Waals surface area contributed by atoms with Crippen molar-refractivity contribution >= 4 is 11.6 Å². The molecular weight excluding hydrogens is 544 g/mol. The van der Waals surface area contributed by atoms with Crippen LogP contribution in [0.2, 0.25) is 0 Å². The number of carbonyl (C=O) groups is 1. The fourth-order valence-electron chi connectivity index (χ4n) is 2.66. The summed E-state index contributed by atoms with van der Waals surface area (Å²) in [5.74, 6) is -3.89. The molecule has 37 heavy (non-hydrogen) atoms. The van der Waals surface area contributed by atoms with Crippen molar-refractivity contribution < 1.29 is 67.0 Å². The Kier molecular flexibility index (Phi) is 8.15. The molecule has 0 aliphatic carbocycles. The van der Waals surface area contributed by atoms with Crippen molar-refractivity contribution in [3.63, 3.8) is 0 Å². The fourth-order valence-corrected chi connectivity index (χ4v) is 2.66. The summed E-state index contributed by atoms with van der Waals surface area (Å²) in [5.41, 5.74) is -6.92. The molecule has 0 atom stereocenters. The Balaban J connectivity index is 2.57. The van der Waals surface area contributed by atoms with Gasteiger partial charge in [0.15, 0.2) is 19.0 Å². The lowest BCUT2D eigenvalue weighted by Crippen LogP contribution is -2.23. The molecule has 0 fully saturated rings. The standard InChI is InChI=1S/C20H10F12N2O3/c21-17(22,23)7-36-14-2-1-12(15(13(14)6-33)37-8-18(24,25)26)16(35)34-11-4-9(19(27,28)29)3-10(5-11)20(30,31)32/h1-5H,7-8H2,(H,34,35). The second-order valence-electron chi connectivity index (χ2n) is 6.98. The predicted octanol–water partition coefficient (Wildman–Crippen LogP) is 6.73. The highest BCUT2D eigenvalue weighted by molar-refractivity contribution is 6.07. The van der Waals surface area contributed by atoms with Crippen LogP contribution in [0.3, 0.4) is 0 Å². The Morgan fingerprint density at radius 1 is 0.784 bits per heavy atom. The Morgan fingerprint density at radius 3 is 1.70 bits per heavy atom. The van der Waals surface area contributed by atoms with Gasteiger partial charge in [-0.15, -0.1) is 0 Å². The summed E-state index contributed by atoms with van der Waals surface area (Å²) in [7, 11) is 0. The molecule has 0 saturated heterocycles. The van der Waals surface area contributed by atoms with E-state index in [2.05, 4.69) is 9.47 Å². The number of nitriles is 1. The molecule has 1 N–H and O–H groups in total. The van der Waals surface area contributed by atoms with E-state index in [0.717, 1.165) is 0 Å². The first-order valence-electron chi connectivity index (χ1n) is 9.28. The number of nitrogens with one attached hydrogen (secondary N) is 1. The molecule has 0 bridgehead atoms. The van der Waals surface area contributed by atoms with Crippen LogP contribution < -0.4 is 14.8 Å². The van der Waals surface area contributed by atoms with Gasteiger partial charge in [-0.05, 0) is 30.3 Å². The van der Waals surface area contributed by atoms with E-state index in [-0.39, 0.29) is 18.2 Å². The average molecular weight is 554 g/mol. The SMILES string of the molecule is N#Cc1c(OCC(F)(F)F)ccc(C(=O)Nc2cc(C(F)(F)F)cc(C(F)(F)F)c2)c1OCC(F)(F)F. The van der Waals surface area contributed by atoms with Crippen LogP contribution in [0.1, 0.15) is 27.0 Å². The molecule has 0 saturated carbocycles. The molecule has 0 aromatic heterocycles. The minimum absolute atomic E-state index is 0.0927. The van der Waals surface area contributed by atoms with Crippen molar-refractivity contribution in [1.29, 1.82) is 5.26 Å². The topological polar surface area (TPSA) is 71.3 Å². The molecule has 2 aromatic rings. The first-order chi connectivity index (χ1) is 16.7.